The summed E-state index contributed by atoms with van der Waals surface area (Å²) in [5.41, 5.74) is 2.06. The molecule has 0 spiro atoms. The molecular formula is C15H20N4O3. The Bertz CT molecular complexity index is 637. The number of aryl methyl sites for hydroxylation is 1. The van der Waals surface area contributed by atoms with Gasteiger partial charge in [0.2, 0.25) is 0 Å². The van der Waals surface area contributed by atoms with Gasteiger partial charge in [-0.05, 0) is 25.5 Å². The number of hydrogen-bond donors (Lipinski definition) is 3. The summed E-state index contributed by atoms with van der Waals surface area (Å²) >= 11 is 0. The van der Waals surface area contributed by atoms with E-state index in [1.165, 1.54) is 4.80 Å². The van der Waals surface area contributed by atoms with E-state index < -0.39 is 12.0 Å². The standard InChI is InChI=1S/C15H20N4O3/c1-3-12(21)8-16-15(22)14-13(9-20)17-19(18-14)11-6-4-10(2)5-7-11/h4-7,12,20-21H,3,8-9H2,1-2H3,(H,16,22)/t12-/m0/s1. The van der Waals surface area contributed by atoms with Gasteiger partial charge < -0.3 is 15.5 Å². The van der Waals surface area contributed by atoms with Gasteiger partial charge in [0.25, 0.3) is 5.91 Å². The Hall–Kier alpha value is -2.25. The lowest BCUT2D eigenvalue weighted by Crippen LogP contribution is -2.32. The van der Waals surface area contributed by atoms with Gasteiger partial charge in [0.1, 0.15) is 5.69 Å². The van der Waals surface area contributed by atoms with Crippen molar-refractivity contribution in [1.82, 2.24) is 20.3 Å². The molecule has 1 aromatic heterocycles. The smallest absolute Gasteiger partial charge is 0.273 e. The first-order valence-electron chi connectivity index (χ1n) is 7.15. The van der Waals surface area contributed by atoms with Crippen molar-refractivity contribution in [2.75, 3.05) is 6.54 Å². The van der Waals surface area contributed by atoms with Crippen LogP contribution in [0.15, 0.2) is 24.3 Å². The minimum atomic E-state index is -0.603. The van der Waals surface area contributed by atoms with Crippen molar-refractivity contribution in [3.8, 4) is 5.69 Å². The summed E-state index contributed by atoms with van der Waals surface area (Å²) in [5, 5.41) is 29.7. The minimum Gasteiger partial charge on any atom is -0.391 e. The van der Waals surface area contributed by atoms with E-state index in [0.29, 0.717) is 12.1 Å². The average Bonchev–Trinajstić information content (AvgIpc) is 2.97. The number of carbonyl (C=O) groups excluding carboxylic acids is 1. The molecule has 0 aliphatic carbocycles. The lowest BCUT2D eigenvalue weighted by molar-refractivity contribution is 0.0905. The third-order valence-corrected chi connectivity index (χ3v) is 3.28. The van der Waals surface area contributed by atoms with Crippen LogP contribution in [0, 0.1) is 6.92 Å². The van der Waals surface area contributed by atoms with Crippen LogP contribution < -0.4 is 5.32 Å². The van der Waals surface area contributed by atoms with Crippen LogP contribution in [-0.2, 0) is 6.61 Å². The Balaban J connectivity index is 2.21. The molecule has 2 rings (SSSR count). The fourth-order valence-electron chi connectivity index (χ4n) is 1.85. The highest BCUT2D eigenvalue weighted by molar-refractivity contribution is 5.93. The molecule has 7 nitrogen and oxygen atoms in total. The van der Waals surface area contributed by atoms with Crippen LogP contribution in [0.2, 0.25) is 0 Å². The molecule has 1 amide bonds. The zero-order valence-corrected chi connectivity index (χ0v) is 12.7. The first kappa shape index (κ1) is 16.1. The predicted molar refractivity (Wildman–Crippen MR) is 80.6 cm³/mol. The van der Waals surface area contributed by atoms with Gasteiger partial charge >= 0.3 is 0 Å². The highest BCUT2D eigenvalue weighted by Gasteiger charge is 2.19. The average molecular weight is 304 g/mol. The summed E-state index contributed by atoms with van der Waals surface area (Å²) in [6.07, 6.45) is -0.0582. The van der Waals surface area contributed by atoms with Crippen LogP contribution in [0.3, 0.4) is 0 Å². The van der Waals surface area contributed by atoms with Crippen LogP contribution in [0.1, 0.15) is 35.1 Å². The Morgan fingerprint density at radius 3 is 2.59 bits per heavy atom. The van der Waals surface area contributed by atoms with Crippen molar-refractivity contribution in [3.05, 3.63) is 41.2 Å². The van der Waals surface area contributed by atoms with Crippen molar-refractivity contribution >= 4 is 5.91 Å². The number of nitrogens with one attached hydrogen (secondary N) is 1. The van der Waals surface area contributed by atoms with E-state index in [1.807, 2.05) is 38.1 Å². The number of carbonyl (C=O) groups is 1. The van der Waals surface area contributed by atoms with E-state index in [4.69, 9.17) is 0 Å². The maximum atomic E-state index is 12.1. The Morgan fingerprint density at radius 2 is 2.00 bits per heavy atom. The molecule has 22 heavy (non-hydrogen) atoms. The minimum absolute atomic E-state index is 0.0615. The third kappa shape index (κ3) is 3.69. The Kier molecular flexibility index (Phi) is 5.24. The molecule has 0 radical (unpaired) electrons. The molecule has 118 valence electrons. The second-order valence-corrected chi connectivity index (χ2v) is 5.05. The maximum absolute atomic E-state index is 12.1. The lowest BCUT2D eigenvalue weighted by atomic mass is 10.2. The summed E-state index contributed by atoms with van der Waals surface area (Å²) in [4.78, 5) is 13.4. The van der Waals surface area contributed by atoms with Gasteiger partial charge in [-0.25, -0.2) is 0 Å². The molecule has 2 aromatic rings. The second kappa shape index (κ2) is 7.15. The predicted octanol–water partition coefficient (Wildman–Crippen LogP) is 0.569. The number of nitrogens with zero attached hydrogens (tertiary/aromatic N) is 3. The summed E-state index contributed by atoms with van der Waals surface area (Å²) in [7, 11) is 0. The molecule has 1 aromatic carbocycles. The highest BCUT2D eigenvalue weighted by Crippen LogP contribution is 2.10. The van der Waals surface area contributed by atoms with Crippen LogP contribution in [0.5, 0.6) is 0 Å². The summed E-state index contributed by atoms with van der Waals surface area (Å²) in [6.45, 7) is 3.55. The van der Waals surface area contributed by atoms with E-state index >= 15 is 0 Å². The van der Waals surface area contributed by atoms with E-state index in [0.717, 1.165) is 5.56 Å². The summed E-state index contributed by atoms with van der Waals surface area (Å²) in [6, 6.07) is 7.49. The number of hydrogen-bond acceptors (Lipinski definition) is 5. The number of benzene rings is 1. The molecule has 3 N–H and O–H groups in total. The number of aliphatic hydroxyl groups is 2. The largest absolute Gasteiger partial charge is 0.391 e. The number of aliphatic hydroxyl groups excluding tert-OH is 2. The summed E-state index contributed by atoms with van der Waals surface area (Å²) < 4.78 is 0. The molecule has 0 bridgehead atoms. The van der Waals surface area contributed by atoms with Gasteiger partial charge in [0, 0.05) is 6.54 Å². The van der Waals surface area contributed by atoms with Crippen LogP contribution >= 0.6 is 0 Å². The van der Waals surface area contributed by atoms with Crippen LogP contribution in [0.4, 0.5) is 0 Å². The Morgan fingerprint density at radius 1 is 1.32 bits per heavy atom. The van der Waals surface area contributed by atoms with E-state index in [1.54, 1.807) is 0 Å². The quantitative estimate of drug-likeness (QED) is 0.724. The fourth-order valence-corrected chi connectivity index (χ4v) is 1.85. The van der Waals surface area contributed by atoms with Crippen LogP contribution in [0.25, 0.3) is 5.69 Å². The molecule has 1 atom stereocenters. The molecule has 0 unspecified atom stereocenters. The third-order valence-electron chi connectivity index (χ3n) is 3.28. The molecule has 0 fully saturated rings. The number of amides is 1. The van der Waals surface area contributed by atoms with Gasteiger partial charge in [0.05, 0.1) is 18.4 Å². The first-order valence-corrected chi connectivity index (χ1v) is 7.15. The highest BCUT2D eigenvalue weighted by atomic mass is 16.3. The van der Waals surface area contributed by atoms with Crippen molar-refractivity contribution in [2.24, 2.45) is 0 Å². The number of aromatic nitrogens is 3. The molecule has 0 aliphatic rings. The zero-order chi connectivity index (χ0) is 16.1. The second-order valence-electron chi connectivity index (χ2n) is 5.05. The Labute approximate surface area is 128 Å². The monoisotopic (exact) mass is 304 g/mol. The summed E-state index contributed by atoms with van der Waals surface area (Å²) in [5.74, 6) is -0.463. The first-order chi connectivity index (χ1) is 10.5. The topological polar surface area (TPSA) is 100 Å². The van der Waals surface area contributed by atoms with E-state index in [2.05, 4.69) is 15.5 Å². The molecule has 0 aliphatic heterocycles. The maximum Gasteiger partial charge on any atom is 0.273 e. The normalized spacial score (nSPS) is 12.2. The number of rotatable bonds is 6. The van der Waals surface area contributed by atoms with Crippen molar-refractivity contribution in [2.45, 2.75) is 33.0 Å². The van der Waals surface area contributed by atoms with Gasteiger partial charge in [-0.2, -0.15) is 4.80 Å². The van der Waals surface area contributed by atoms with Crippen molar-refractivity contribution < 1.29 is 15.0 Å². The van der Waals surface area contributed by atoms with E-state index in [-0.39, 0.29) is 24.5 Å². The van der Waals surface area contributed by atoms with Crippen molar-refractivity contribution in [3.63, 3.8) is 0 Å². The van der Waals surface area contributed by atoms with Gasteiger partial charge in [0.15, 0.2) is 5.69 Å². The zero-order valence-electron chi connectivity index (χ0n) is 12.7. The van der Waals surface area contributed by atoms with Gasteiger partial charge in [-0.15, -0.1) is 10.2 Å². The SMILES string of the molecule is CC[C@H](O)CNC(=O)c1nn(-c2ccc(C)cc2)nc1CO. The van der Waals surface area contributed by atoms with Crippen molar-refractivity contribution in [1.29, 1.82) is 0 Å². The van der Waals surface area contributed by atoms with Gasteiger partial charge in [-0.1, -0.05) is 24.6 Å². The van der Waals surface area contributed by atoms with Gasteiger partial charge in [-0.3, -0.25) is 4.79 Å². The molecule has 1 heterocycles. The molecule has 0 saturated heterocycles. The van der Waals surface area contributed by atoms with E-state index in [9.17, 15) is 15.0 Å². The molecule has 0 saturated carbocycles. The molecular weight excluding hydrogens is 284 g/mol. The van der Waals surface area contributed by atoms with Crippen LogP contribution in [-0.4, -0.2) is 43.8 Å². The molecule has 7 heteroatoms. The lowest BCUT2D eigenvalue weighted by Gasteiger charge is -2.08. The fraction of sp³-hybridized carbons (Fsp3) is 0.400.